The number of carbonyl (C=O) groups is 2. The second-order valence-corrected chi connectivity index (χ2v) is 4.81. The van der Waals surface area contributed by atoms with E-state index in [1.54, 1.807) is 13.8 Å². The van der Waals surface area contributed by atoms with E-state index in [1.165, 1.54) is 0 Å². The lowest BCUT2D eigenvalue weighted by atomic mass is 10.1. The molecule has 1 aromatic rings. The minimum Gasteiger partial charge on any atom is -0.480 e. The van der Waals surface area contributed by atoms with E-state index in [4.69, 9.17) is 16.7 Å². The van der Waals surface area contributed by atoms with E-state index in [9.17, 15) is 18.4 Å². The number of carbonyl (C=O) groups excluding carboxylic acids is 1. The van der Waals surface area contributed by atoms with Gasteiger partial charge in [-0.3, -0.25) is 0 Å². The van der Waals surface area contributed by atoms with Gasteiger partial charge in [-0.15, -0.1) is 0 Å². The van der Waals surface area contributed by atoms with Gasteiger partial charge in [0.2, 0.25) is 0 Å². The van der Waals surface area contributed by atoms with Crippen LogP contribution in [0.3, 0.4) is 0 Å². The highest BCUT2D eigenvalue weighted by molar-refractivity contribution is 6.33. The zero-order chi connectivity index (χ0) is 15.4. The SMILES string of the molecule is CC(C)[C@@H](NC(=O)Nc1c(F)cc(F)cc1Cl)C(=O)O. The first-order valence-corrected chi connectivity index (χ1v) is 6.05. The molecule has 5 nitrogen and oxygen atoms in total. The maximum atomic E-state index is 13.4. The molecule has 0 aromatic heterocycles. The Labute approximate surface area is 118 Å². The average Bonchev–Trinajstić information content (AvgIpc) is 2.29. The molecule has 8 heteroatoms. The van der Waals surface area contributed by atoms with Gasteiger partial charge in [0.1, 0.15) is 11.9 Å². The molecule has 0 aliphatic rings. The highest BCUT2D eigenvalue weighted by Crippen LogP contribution is 2.26. The van der Waals surface area contributed by atoms with Crippen LogP contribution in [0.2, 0.25) is 5.02 Å². The molecule has 110 valence electrons. The van der Waals surface area contributed by atoms with Gasteiger partial charge in [0, 0.05) is 6.07 Å². The van der Waals surface area contributed by atoms with E-state index in [-0.39, 0.29) is 10.9 Å². The molecule has 0 saturated heterocycles. The van der Waals surface area contributed by atoms with Crippen LogP contribution in [-0.4, -0.2) is 23.1 Å². The summed E-state index contributed by atoms with van der Waals surface area (Å²) in [7, 11) is 0. The van der Waals surface area contributed by atoms with E-state index in [2.05, 4.69) is 10.6 Å². The molecule has 20 heavy (non-hydrogen) atoms. The van der Waals surface area contributed by atoms with Crippen LogP contribution in [0.5, 0.6) is 0 Å². The number of halogens is 3. The van der Waals surface area contributed by atoms with Crippen LogP contribution in [0.1, 0.15) is 13.8 Å². The lowest BCUT2D eigenvalue weighted by Crippen LogP contribution is -2.46. The molecule has 0 saturated carbocycles. The molecule has 1 atom stereocenters. The normalized spacial score (nSPS) is 12.1. The Hall–Kier alpha value is -1.89. The van der Waals surface area contributed by atoms with Gasteiger partial charge in [-0.05, 0) is 12.0 Å². The van der Waals surface area contributed by atoms with E-state index < -0.39 is 35.4 Å². The molecular formula is C12H13ClF2N2O3. The number of carboxylic acids is 1. The summed E-state index contributed by atoms with van der Waals surface area (Å²) in [5.41, 5.74) is -0.418. The number of benzene rings is 1. The number of aliphatic carboxylic acids is 1. The van der Waals surface area contributed by atoms with Gasteiger partial charge in [-0.2, -0.15) is 0 Å². The Morgan fingerprint density at radius 2 is 1.90 bits per heavy atom. The highest BCUT2D eigenvalue weighted by atomic mass is 35.5. The molecule has 0 bridgehead atoms. The fourth-order valence-corrected chi connectivity index (χ4v) is 1.71. The van der Waals surface area contributed by atoms with Gasteiger partial charge in [-0.1, -0.05) is 25.4 Å². The first kappa shape index (κ1) is 16.2. The molecule has 0 fully saturated rings. The molecule has 0 aliphatic heterocycles. The highest BCUT2D eigenvalue weighted by Gasteiger charge is 2.24. The number of amides is 2. The number of urea groups is 1. The van der Waals surface area contributed by atoms with Crippen molar-refractivity contribution < 1.29 is 23.5 Å². The van der Waals surface area contributed by atoms with Gasteiger partial charge >= 0.3 is 12.0 Å². The van der Waals surface area contributed by atoms with Gasteiger partial charge < -0.3 is 15.7 Å². The van der Waals surface area contributed by atoms with Crippen molar-refractivity contribution >= 4 is 29.3 Å². The summed E-state index contributed by atoms with van der Waals surface area (Å²) in [6.45, 7) is 3.20. The van der Waals surface area contributed by atoms with Gasteiger partial charge in [-0.25, -0.2) is 18.4 Å². The third-order valence-electron chi connectivity index (χ3n) is 2.46. The lowest BCUT2D eigenvalue weighted by molar-refractivity contribution is -0.140. The van der Waals surface area contributed by atoms with Gasteiger partial charge in [0.15, 0.2) is 5.82 Å². The second-order valence-electron chi connectivity index (χ2n) is 4.40. The summed E-state index contributed by atoms with van der Waals surface area (Å²) < 4.78 is 26.3. The van der Waals surface area contributed by atoms with Crippen molar-refractivity contribution in [3.8, 4) is 0 Å². The Morgan fingerprint density at radius 3 is 2.35 bits per heavy atom. The number of nitrogens with one attached hydrogen (secondary N) is 2. The van der Waals surface area contributed by atoms with Crippen molar-refractivity contribution in [1.82, 2.24) is 5.32 Å². The van der Waals surface area contributed by atoms with Crippen molar-refractivity contribution in [3.05, 3.63) is 28.8 Å². The van der Waals surface area contributed by atoms with E-state index in [0.717, 1.165) is 6.07 Å². The predicted octanol–water partition coefficient (Wildman–Crippen LogP) is 2.85. The third-order valence-corrected chi connectivity index (χ3v) is 2.76. The molecular weight excluding hydrogens is 294 g/mol. The quantitative estimate of drug-likeness (QED) is 0.800. The Kier molecular flexibility index (Phi) is 5.26. The topological polar surface area (TPSA) is 78.4 Å². The number of carboxylic acid groups (broad SMARTS) is 1. The molecule has 2 amide bonds. The summed E-state index contributed by atoms with van der Waals surface area (Å²) in [4.78, 5) is 22.5. The van der Waals surface area contributed by atoms with Crippen molar-refractivity contribution in [2.45, 2.75) is 19.9 Å². The Balaban J connectivity index is 2.84. The van der Waals surface area contributed by atoms with Gasteiger partial charge in [0.05, 0.1) is 10.7 Å². The van der Waals surface area contributed by atoms with E-state index in [1.807, 2.05) is 0 Å². The number of anilines is 1. The maximum absolute atomic E-state index is 13.4. The third kappa shape index (κ3) is 4.06. The van der Waals surface area contributed by atoms with Crippen LogP contribution in [0.25, 0.3) is 0 Å². The van der Waals surface area contributed by atoms with E-state index in [0.29, 0.717) is 6.07 Å². The zero-order valence-corrected chi connectivity index (χ0v) is 11.5. The first-order chi connectivity index (χ1) is 9.22. The standard InChI is InChI=1S/C12H13ClF2N2O3/c1-5(2)9(11(18)19)16-12(20)17-10-7(13)3-6(14)4-8(10)15/h3-5,9H,1-2H3,(H,18,19)(H2,16,17,20)/t9-/m1/s1. The fourth-order valence-electron chi connectivity index (χ4n) is 1.47. The minimum atomic E-state index is -1.22. The number of hydrogen-bond acceptors (Lipinski definition) is 2. The lowest BCUT2D eigenvalue weighted by Gasteiger charge is -2.18. The monoisotopic (exact) mass is 306 g/mol. The van der Waals surface area contributed by atoms with Crippen molar-refractivity contribution in [2.75, 3.05) is 5.32 Å². The Morgan fingerprint density at radius 1 is 1.30 bits per heavy atom. The van der Waals surface area contributed by atoms with Crippen LogP contribution in [0, 0.1) is 17.6 Å². The predicted molar refractivity (Wildman–Crippen MR) is 69.8 cm³/mol. The molecule has 0 unspecified atom stereocenters. The van der Waals surface area contributed by atoms with Crippen molar-refractivity contribution in [3.63, 3.8) is 0 Å². The summed E-state index contributed by atoms with van der Waals surface area (Å²) in [5, 5.41) is 12.8. The minimum absolute atomic E-state index is 0.325. The Bertz CT molecular complexity index is 514. The largest absolute Gasteiger partial charge is 0.480 e. The number of hydrogen-bond donors (Lipinski definition) is 3. The maximum Gasteiger partial charge on any atom is 0.326 e. The van der Waals surface area contributed by atoms with Crippen LogP contribution in [0.4, 0.5) is 19.3 Å². The molecule has 0 aliphatic carbocycles. The van der Waals surface area contributed by atoms with Crippen LogP contribution in [-0.2, 0) is 4.79 Å². The smallest absolute Gasteiger partial charge is 0.326 e. The zero-order valence-electron chi connectivity index (χ0n) is 10.7. The molecule has 1 aromatic carbocycles. The average molecular weight is 307 g/mol. The van der Waals surface area contributed by atoms with Crippen LogP contribution >= 0.6 is 11.6 Å². The number of rotatable bonds is 4. The van der Waals surface area contributed by atoms with Crippen LogP contribution in [0.15, 0.2) is 12.1 Å². The molecule has 3 N–H and O–H groups in total. The molecule has 0 spiro atoms. The van der Waals surface area contributed by atoms with E-state index >= 15 is 0 Å². The second kappa shape index (κ2) is 6.51. The van der Waals surface area contributed by atoms with Gasteiger partial charge in [0.25, 0.3) is 0 Å². The summed E-state index contributed by atoms with van der Waals surface area (Å²) >= 11 is 5.60. The van der Waals surface area contributed by atoms with Crippen molar-refractivity contribution in [2.24, 2.45) is 5.92 Å². The summed E-state index contributed by atoms with van der Waals surface area (Å²) in [6, 6.07) is -0.702. The van der Waals surface area contributed by atoms with Crippen molar-refractivity contribution in [1.29, 1.82) is 0 Å². The summed E-state index contributed by atoms with van der Waals surface area (Å²) in [6.07, 6.45) is 0. The molecule has 1 rings (SSSR count). The first-order valence-electron chi connectivity index (χ1n) is 5.67. The molecule has 0 radical (unpaired) electrons. The molecule has 0 heterocycles. The van der Waals surface area contributed by atoms with Crippen LogP contribution < -0.4 is 10.6 Å². The fraction of sp³-hybridized carbons (Fsp3) is 0.333. The summed E-state index contributed by atoms with van der Waals surface area (Å²) in [5.74, 6) is -3.53.